The number of nitrogens with two attached hydrogens (primary N) is 1. The molecule has 4 rings (SSSR count). The van der Waals surface area contributed by atoms with Gasteiger partial charge >= 0.3 is 6.36 Å². The number of halogens is 3. The first-order valence-electron chi connectivity index (χ1n) is 12.4. The van der Waals surface area contributed by atoms with Crippen molar-refractivity contribution in [2.24, 2.45) is 0 Å². The number of ether oxygens (including phenoxy) is 1. The summed E-state index contributed by atoms with van der Waals surface area (Å²) in [5.41, 5.74) is 7.29. The third kappa shape index (κ3) is 10.1. The second-order valence-corrected chi connectivity index (χ2v) is 9.88. The van der Waals surface area contributed by atoms with Crippen LogP contribution in [0.15, 0.2) is 54.6 Å². The Balaban J connectivity index is 1.16. The van der Waals surface area contributed by atoms with Gasteiger partial charge in [0.1, 0.15) is 16.6 Å². The van der Waals surface area contributed by atoms with Crippen LogP contribution in [0.25, 0.3) is 0 Å². The first-order valence-corrected chi connectivity index (χ1v) is 13.2. The van der Waals surface area contributed by atoms with Gasteiger partial charge in [-0.1, -0.05) is 29.5 Å². The second kappa shape index (κ2) is 13.6. The largest absolute Gasteiger partial charge is 0.573 e. The molecule has 0 unspecified atom stereocenters. The van der Waals surface area contributed by atoms with Gasteiger partial charge in [0.05, 0.1) is 24.2 Å². The number of nitrogen functional groups attached to an aromatic ring is 1. The van der Waals surface area contributed by atoms with Gasteiger partial charge in [0.2, 0.25) is 16.9 Å². The highest BCUT2D eigenvalue weighted by Crippen LogP contribution is 2.23. The Kier molecular flexibility index (Phi) is 9.73. The van der Waals surface area contributed by atoms with Crippen molar-refractivity contribution in [2.75, 3.05) is 16.4 Å². The van der Waals surface area contributed by atoms with Gasteiger partial charge in [0.15, 0.2) is 5.82 Å². The number of nitrogens with one attached hydrogen (secondary N) is 2. The number of hydrogen-bond donors (Lipinski definition) is 3. The first-order chi connectivity index (χ1) is 19.6. The summed E-state index contributed by atoms with van der Waals surface area (Å²) in [5, 5.41) is 22.8. The zero-order valence-corrected chi connectivity index (χ0v) is 22.3. The Labute approximate surface area is 236 Å². The Morgan fingerprint density at radius 3 is 2.39 bits per heavy atom. The van der Waals surface area contributed by atoms with Crippen LogP contribution >= 0.6 is 11.3 Å². The van der Waals surface area contributed by atoms with Crippen molar-refractivity contribution >= 4 is 39.9 Å². The maximum Gasteiger partial charge on any atom is 0.573 e. The molecule has 4 N–H and O–H groups in total. The van der Waals surface area contributed by atoms with Gasteiger partial charge in [-0.3, -0.25) is 9.59 Å². The van der Waals surface area contributed by atoms with Crippen LogP contribution in [0.3, 0.4) is 0 Å². The van der Waals surface area contributed by atoms with Crippen molar-refractivity contribution in [3.63, 3.8) is 0 Å². The maximum absolute atomic E-state index is 12.4. The minimum absolute atomic E-state index is 0.0815. The van der Waals surface area contributed by atoms with Gasteiger partial charge in [-0.15, -0.1) is 28.5 Å². The molecule has 214 valence electrons. The van der Waals surface area contributed by atoms with E-state index in [-0.39, 0.29) is 24.6 Å². The molecular formula is C26H25F3N8O3S. The van der Waals surface area contributed by atoms with Crippen LogP contribution in [0.4, 0.5) is 29.9 Å². The van der Waals surface area contributed by atoms with E-state index in [1.165, 1.54) is 23.5 Å². The normalized spacial score (nSPS) is 11.2. The number of unbranched alkanes of at least 4 members (excludes halogenated alkanes) is 1. The van der Waals surface area contributed by atoms with Gasteiger partial charge < -0.3 is 21.1 Å². The van der Waals surface area contributed by atoms with Crippen molar-refractivity contribution in [2.45, 2.75) is 44.9 Å². The predicted molar refractivity (Wildman–Crippen MR) is 145 cm³/mol. The molecule has 0 radical (unpaired) electrons. The zero-order valence-electron chi connectivity index (χ0n) is 21.5. The number of rotatable bonds is 12. The van der Waals surface area contributed by atoms with E-state index in [0.29, 0.717) is 35.0 Å². The van der Waals surface area contributed by atoms with Crippen molar-refractivity contribution in [3.05, 3.63) is 76.6 Å². The van der Waals surface area contributed by atoms with E-state index in [9.17, 15) is 22.8 Å². The Bertz CT molecular complexity index is 1480. The molecule has 1 aromatic carbocycles. The molecule has 0 saturated heterocycles. The van der Waals surface area contributed by atoms with Crippen molar-refractivity contribution < 1.29 is 27.5 Å². The number of pyridine rings is 1. The number of aromatic nitrogens is 5. The number of carbonyl (C=O) groups excluding carboxylic acids is 2. The van der Waals surface area contributed by atoms with Gasteiger partial charge in [0.25, 0.3) is 0 Å². The highest BCUT2D eigenvalue weighted by molar-refractivity contribution is 7.15. The van der Waals surface area contributed by atoms with Gasteiger partial charge in [-0.05, 0) is 61.2 Å². The topological polar surface area (TPSA) is 158 Å². The van der Waals surface area contributed by atoms with E-state index in [2.05, 4.69) is 40.7 Å². The molecule has 0 spiro atoms. The van der Waals surface area contributed by atoms with E-state index in [1.807, 2.05) is 0 Å². The number of alkyl halides is 3. The number of aryl methyl sites for hydroxylation is 2. The quantitative estimate of drug-likeness (QED) is 0.208. The van der Waals surface area contributed by atoms with Crippen LogP contribution in [-0.4, -0.2) is 43.6 Å². The number of hydrogen-bond acceptors (Lipinski definition) is 10. The number of amides is 2. The lowest BCUT2D eigenvalue weighted by Gasteiger charge is -2.10. The van der Waals surface area contributed by atoms with Crippen LogP contribution in [0.1, 0.15) is 34.8 Å². The maximum atomic E-state index is 12.4. The fraction of sp³-hybridized carbons (Fsp3) is 0.269. The first kappa shape index (κ1) is 29.3. The smallest absolute Gasteiger partial charge is 0.406 e. The molecule has 0 fully saturated rings. The fourth-order valence-electron chi connectivity index (χ4n) is 3.70. The van der Waals surface area contributed by atoms with Crippen LogP contribution in [0.5, 0.6) is 5.75 Å². The Hall–Kier alpha value is -4.66. The molecule has 3 heterocycles. The minimum atomic E-state index is -4.81. The third-order valence-electron chi connectivity index (χ3n) is 5.44. The van der Waals surface area contributed by atoms with Crippen LogP contribution in [-0.2, 0) is 35.3 Å². The Morgan fingerprint density at radius 2 is 1.63 bits per heavy atom. The Morgan fingerprint density at radius 1 is 0.854 bits per heavy atom. The molecule has 11 nitrogen and oxygen atoms in total. The number of benzene rings is 1. The van der Waals surface area contributed by atoms with E-state index in [0.717, 1.165) is 35.7 Å². The predicted octanol–water partition coefficient (Wildman–Crippen LogP) is 4.13. The lowest BCUT2D eigenvalue weighted by atomic mass is 10.1. The summed E-state index contributed by atoms with van der Waals surface area (Å²) in [6.45, 7) is 0. The summed E-state index contributed by atoms with van der Waals surface area (Å²) in [7, 11) is 0. The third-order valence-corrected chi connectivity index (χ3v) is 6.34. The number of carbonyl (C=O) groups is 2. The van der Waals surface area contributed by atoms with E-state index < -0.39 is 18.0 Å². The summed E-state index contributed by atoms with van der Waals surface area (Å²) in [4.78, 5) is 28.6. The molecule has 2 amide bonds. The fourth-order valence-corrected chi connectivity index (χ4v) is 4.49. The summed E-state index contributed by atoms with van der Waals surface area (Å²) in [6, 6.07) is 13.7. The van der Waals surface area contributed by atoms with Crippen molar-refractivity contribution in [1.29, 1.82) is 0 Å². The number of anilines is 3. The average Bonchev–Trinajstić information content (AvgIpc) is 3.33. The van der Waals surface area contributed by atoms with Gasteiger partial charge in [-0.25, -0.2) is 4.98 Å². The highest BCUT2D eigenvalue weighted by atomic mass is 32.1. The molecule has 4 aromatic rings. The average molecular weight is 587 g/mol. The van der Waals surface area contributed by atoms with Gasteiger partial charge in [0, 0.05) is 6.42 Å². The summed E-state index contributed by atoms with van der Waals surface area (Å²) >= 11 is 1.31. The summed E-state index contributed by atoms with van der Waals surface area (Å²) < 4.78 is 41.1. The molecule has 0 aliphatic heterocycles. The lowest BCUT2D eigenvalue weighted by molar-refractivity contribution is -0.274. The molecule has 0 aliphatic rings. The summed E-state index contributed by atoms with van der Waals surface area (Å²) in [5.74, 6) is -0.521. The van der Waals surface area contributed by atoms with E-state index >= 15 is 0 Å². The SMILES string of the molecule is Nc1cccc(CC(=O)Nc2nnc(CCCCc3ccc(NC(=O)Cc4cccc(OC(F)(F)F)c4)nn3)s2)n1. The van der Waals surface area contributed by atoms with E-state index in [4.69, 9.17) is 5.73 Å². The molecule has 0 atom stereocenters. The molecule has 0 bridgehead atoms. The van der Waals surface area contributed by atoms with Crippen molar-refractivity contribution in [1.82, 2.24) is 25.4 Å². The molecule has 0 saturated carbocycles. The number of nitrogens with zero attached hydrogens (tertiary/aromatic N) is 5. The van der Waals surface area contributed by atoms with Crippen LogP contribution in [0, 0.1) is 0 Å². The summed E-state index contributed by atoms with van der Waals surface area (Å²) in [6.07, 6.45) is -1.93. The van der Waals surface area contributed by atoms with Crippen LogP contribution in [0.2, 0.25) is 0 Å². The standard InChI is InChI=1S/C26H25F3N8O3S/c27-26(28,29)40-19-8-3-5-16(13-19)14-22(38)32-21-12-11-17(34-35-21)6-1-2-10-24-36-37-25(41-24)33-23(39)15-18-7-4-9-20(30)31-18/h3-5,7-9,11-13H,1-2,6,10,14-15H2,(H2,30,31)(H,32,35,38)(H,33,37,39). The second-order valence-electron chi connectivity index (χ2n) is 8.82. The monoisotopic (exact) mass is 586 g/mol. The molecule has 0 aliphatic carbocycles. The highest BCUT2D eigenvalue weighted by Gasteiger charge is 2.31. The van der Waals surface area contributed by atoms with Crippen LogP contribution < -0.4 is 21.1 Å². The lowest BCUT2D eigenvalue weighted by Crippen LogP contribution is -2.18. The zero-order chi connectivity index (χ0) is 29.2. The van der Waals surface area contributed by atoms with Gasteiger partial charge in [-0.2, -0.15) is 5.10 Å². The molecule has 41 heavy (non-hydrogen) atoms. The molecular weight excluding hydrogens is 561 g/mol. The molecule has 15 heteroatoms. The van der Waals surface area contributed by atoms with Crippen molar-refractivity contribution in [3.8, 4) is 5.75 Å². The minimum Gasteiger partial charge on any atom is -0.406 e. The van der Waals surface area contributed by atoms with E-state index in [1.54, 1.807) is 30.3 Å². The molecule has 3 aromatic heterocycles.